The van der Waals surface area contributed by atoms with Gasteiger partial charge >= 0.3 is 5.97 Å². The van der Waals surface area contributed by atoms with E-state index in [1.807, 2.05) is 0 Å². The fraction of sp³-hybridized carbons (Fsp3) is 0.385. The van der Waals surface area contributed by atoms with Crippen LogP contribution in [0, 0.1) is 5.92 Å². The van der Waals surface area contributed by atoms with Crippen molar-refractivity contribution in [1.82, 2.24) is 9.62 Å². The van der Waals surface area contributed by atoms with Crippen molar-refractivity contribution in [3.63, 3.8) is 0 Å². The van der Waals surface area contributed by atoms with E-state index in [9.17, 15) is 18.0 Å². The van der Waals surface area contributed by atoms with Gasteiger partial charge in [-0.1, -0.05) is 13.0 Å². The van der Waals surface area contributed by atoms with Crippen molar-refractivity contribution in [3.05, 3.63) is 29.8 Å². The Hall–Kier alpha value is -1.93. The lowest BCUT2D eigenvalue weighted by atomic mass is 10.2. The van der Waals surface area contributed by atoms with Gasteiger partial charge in [0, 0.05) is 26.2 Å². The highest BCUT2D eigenvalue weighted by Gasteiger charge is 2.19. The highest BCUT2D eigenvalue weighted by molar-refractivity contribution is 7.89. The maximum atomic E-state index is 12.1. The lowest BCUT2D eigenvalue weighted by molar-refractivity contribution is -0.140. The summed E-state index contributed by atoms with van der Waals surface area (Å²) in [5, 5.41) is 8.74. The van der Waals surface area contributed by atoms with Gasteiger partial charge in [-0.15, -0.1) is 0 Å². The zero-order chi connectivity index (χ0) is 16.2. The van der Waals surface area contributed by atoms with Crippen LogP contribution in [0.4, 0.5) is 0 Å². The molecule has 0 fully saturated rings. The third-order valence-electron chi connectivity index (χ3n) is 2.80. The van der Waals surface area contributed by atoms with Crippen molar-refractivity contribution >= 4 is 21.9 Å². The van der Waals surface area contributed by atoms with Gasteiger partial charge < -0.3 is 10.0 Å². The van der Waals surface area contributed by atoms with Gasteiger partial charge in [0.15, 0.2) is 0 Å². The number of carbonyl (C=O) groups is 2. The van der Waals surface area contributed by atoms with Crippen LogP contribution >= 0.6 is 0 Å². The minimum absolute atomic E-state index is 0.0761. The number of amides is 1. The maximum absolute atomic E-state index is 12.1. The predicted octanol–water partition coefficient (Wildman–Crippen LogP) is 0.387. The summed E-state index contributed by atoms with van der Waals surface area (Å²) in [5.74, 6) is -2.24. The lowest BCUT2D eigenvalue weighted by Gasteiger charge is -2.12. The van der Waals surface area contributed by atoms with Crippen LogP contribution in [0.3, 0.4) is 0 Å². The molecule has 21 heavy (non-hydrogen) atoms. The van der Waals surface area contributed by atoms with Gasteiger partial charge in [-0.25, -0.2) is 13.1 Å². The van der Waals surface area contributed by atoms with E-state index in [2.05, 4.69) is 4.72 Å². The van der Waals surface area contributed by atoms with Gasteiger partial charge in [-0.3, -0.25) is 9.59 Å². The van der Waals surface area contributed by atoms with Crippen LogP contribution in [0.1, 0.15) is 17.3 Å². The Morgan fingerprint density at radius 3 is 2.48 bits per heavy atom. The van der Waals surface area contributed by atoms with Crippen molar-refractivity contribution in [2.24, 2.45) is 5.92 Å². The molecule has 0 aromatic heterocycles. The molecule has 116 valence electrons. The van der Waals surface area contributed by atoms with Crippen molar-refractivity contribution in [2.45, 2.75) is 11.8 Å². The maximum Gasteiger partial charge on any atom is 0.307 e. The number of aliphatic carboxylic acids is 1. The summed E-state index contributed by atoms with van der Waals surface area (Å²) in [6, 6.07) is 5.59. The van der Waals surface area contributed by atoms with Crippen LogP contribution in [0.25, 0.3) is 0 Å². The second-order valence-electron chi connectivity index (χ2n) is 4.82. The SMILES string of the molecule is CC(CNS(=O)(=O)c1cccc(C(=O)N(C)C)c1)C(=O)O. The minimum Gasteiger partial charge on any atom is -0.481 e. The van der Waals surface area contributed by atoms with Gasteiger partial charge in [0.25, 0.3) is 5.91 Å². The van der Waals surface area contributed by atoms with Gasteiger partial charge in [-0.2, -0.15) is 0 Å². The molecule has 1 aromatic rings. The molecule has 0 bridgehead atoms. The van der Waals surface area contributed by atoms with E-state index >= 15 is 0 Å². The number of nitrogens with one attached hydrogen (secondary N) is 1. The fourth-order valence-electron chi connectivity index (χ4n) is 1.46. The zero-order valence-corrected chi connectivity index (χ0v) is 12.8. The first-order valence-corrected chi connectivity index (χ1v) is 7.67. The predicted molar refractivity (Wildman–Crippen MR) is 76.4 cm³/mol. The molecule has 1 atom stereocenters. The molecule has 7 nitrogen and oxygen atoms in total. The monoisotopic (exact) mass is 314 g/mol. The van der Waals surface area contributed by atoms with Gasteiger partial charge in [0.1, 0.15) is 0 Å². The number of carbonyl (C=O) groups excluding carboxylic acids is 1. The topological polar surface area (TPSA) is 104 Å². The van der Waals surface area contributed by atoms with E-state index in [4.69, 9.17) is 5.11 Å². The molecule has 1 rings (SSSR count). The van der Waals surface area contributed by atoms with Crippen LogP contribution in [0.15, 0.2) is 29.2 Å². The molecule has 0 spiro atoms. The summed E-state index contributed by atoms with van der Waals surface area (Å²) in [6.07, 6.45) is 0. The Balaban J connectivity index is 2.96. The lowest BCUT2D eigenvalue weighted by Crippen LogP contribution is -2.31. The highest BCUT2D eigenvalue weighted by Crippen LogP contribution is 2.13. The van der Waals surface area contributed by atoms with E-state index in [1.54, 1.807) is 14.1 Å². The summed E-state index contributed by atoms with van der Waals surface area (Å²) < 4.78 is 26.4. The number of carboxylic acid groups (broad SMARTS) is 1. The molecule has 8 heteroatoms. The first-order valence-electron chi connectivity index (χ1n) is 6.19. The number of benzene rings is 1. The molecule has 0 aliphatic carbocycles. The average molecular weight is 314 g/mol. The first-order chi connectivity index (χ1) is 9.65. The van der Waals surface area contributed by atoms with Gasteiger partial charge in [-0.05, 0) is 18.2 Å². The van der Waals surface area contributed by atoms with Crippen LogP contribution in [0.5, 0.6) is 0 Å². The van der Waals surface area contributed by atoms with Crippen molar-refractivity contribution in [2.75, 3.05) is 20.6 Å². The molecule has 1 aromatic carbocycles. The van der Waals surface area contributed by atoms with E-state index in [-0.39, 0.29) is 22.9 Å². The molecular weight excluding hydrogens is 296 g/mol. The molecule has 1 amide bonds. The molecule has 0 aliphatic rings. The third kappa shape index (κ3) is 4.54. The third-order valence-corrected chi connectivity index (χ3v) is 4.22. The largest absolute Gasteiger partial charge is 0.481 e. The summed E-state index contributed by atoms with van der Waals surface area (Å²) in [4.78, 5) is 23.8. The quantitative estimate of drug-likeness (QED) is 0.790. The number of carboxylic acids is 1. The summed E-state index contributed by atoms with van der Waals surface area (Å²) in [5.41, 5.74) is 0.245. The molecule has 0 aliphatic heterocycles. The van der Waals surface area contributed by atoms with Crippen molar-refractivity contribution in [3.8, 4) is 0 Å². The molecule has 2 N–H and O–H groups in total. The fourth-order valence-corrected chi connectivity index (χ4v) is 2.64. The minimum atomic E-state index is -3.85. The van der Waals surface area contributed by atoms with E-state index in [0.717, 1.165) is 0 Å². The molecule has 0 radical (unpaired) electrons. The average Bonchev–Trinajstić information content (AvgIpc) is 2.43. The Labute approximate surface area is 123 Å². The van der Waals surface area contributed by atoms with E-state index in [1.165, 1.54) is 36.1 Å². The smallest absolute Gasteiger partial charge is 0.307 e. The number of hydrogen-bond acceptors (Lipinski definition) is 4. The number of sulfonamides is 1. The molecule has 0 saturated carbocycles. The standard InChI is InChI=1S/C13H18N2O5S/c1-9(13(17)18)8-14-21(19,20)11-6-4-5-10(7-11)12(16)15(2)3/h4-7,9,14H,8H2,1-3H3,(H,17,18). The van der Waals surface area contributed by atoms with E-state index in [0.29, 0.717) is 0 Å². The van der Waals surface area contributed by atoms with Gasteiger partial charge in [0.2, 0.25) is 10.0 Å². The van der Waals surface area contributed by atoms with Crippen LogP contribution in [-0.4, -0.2) is 50.9 Å². The van der Waals surface area contributed by atoms with Crippen LogP contribution in [0.2, 0.25) is 0 Å². The number of nitrogens with zero attached hydrogens (tertiary/aromatic N) is 1. The molecule has 1 unspecified atom stereocenters. The van der Waals surface area contributed by atoms with E-state index < -0.39 is 21.9 Å². The Morgan fingerprint density at radius 1 is 1.33 bits per heavy atom. The number of rotatable bonds is 6. The first kappa shape index (κ1) is 17.1. The van der Waals surface area contributed by atoms with Gasteiger partial charge in [0.05, 0.1) is 10.8 Å². The summed E-state index contributed by atoms with van der Waals surface area (Å²) in [6.45, 7) is 1.18. The zero-order valence-electron chi connectivity index (χ0n) is 12.0. The summed E-state index contributed by atoms with van der Waals surface area (Å²) >= 11 is 0. The summed E-state index contributed by atoms with van der Waals surface area (Å²) in [7, 11) is -0.723. The Morgan fingerprint density at radius 2 is 1.95 bits per heavy atom. The van der Waals surface area contributed by atoms with Crippen molar-refractivity contribution in [1.29, 1.82) is 0 Å². The Bertz CT molecular complexity index is 640. The van der Waals surface area contributed by atoms with Crippen LogP contribution in [-0.2, 0) is 14.8 Å². The second kappa shape index (κ2) is 6.68. The normalized spacial score (nSPS) is 12.7. The highest BCUT2D eigenvalue weighted by atomic mass is 32.2. The van der Waals surface area contributed by atoms with Crippen LogP contribution < -0.4 is 4.72 Å². The number of hydrogen-bond donors (Lipinski definition) is 2. The molecular formula is C13H18N2O5S. The Kier molecular flexibility index (Phi) is 5.45. The van der Waals surface area contributed by atoms with Crippen molar-refractivity contribution < 1.29 is 23.1 Å². The second-order valence-corrected chi connectivity index (χ2v) is 6.59. The molecule has 0 saturated heterocycles. The molecule has 0 heterocycles.